The van der Waals surface area contributed by atoms with Crippen LogP contribution in [-0.2, 0) is 0 Å². The van der Waals surface area contributed by atoms with E-state index in [0.717, 1.165) is 5.02 Å². The Morgan fingerprint density at radius 2 is 1.72 bits per heavy atom. The first kappa shape index (κ1) is 13.6. The van der Waals surface area contributed by atoms with Crippen molar-refractivity contribution in [3.8, 4) is 0 Å². The van der Waals surface area contributed by atoms with Crippen LogP contribution in [-0.4, -0.2) is 0 Å². The number of aryl methyl sites for hydroxylation is 1. The van der Waals surface area contributed by atoms with Gasteiger partial charge in [0, 0.05) is 22.0 Å². The predicted molar refractivity (Wildman–Crippen MR) is 80.5 cm³/mol. The molecule has 0 fully saturated rings. The van der Waals surface area contributed by atoms with Gasteiger partial charge in [-0.1, -0.05) is 23.7 Å². The number of halogens is 1. The van der Waals surface area contributed by atoms with Crippen molar-refractivity contribution in [2.24, 2.45) is 0 Å². The molecule has 18 heavy (non-hydrogen) atoms. The standard InChI is InChI=1S/C15H18ClNS/c1-10-8-9-18-15(10)12(3)17-11(2)13-4-6-14(16)7-5-13/h4-9,11-12,17H,1-3H3/t11-,12?/m1/s1. The molecular formula is C15H18ClNS. The topological polar surface area (TPSA) is 12.0 Å². The van der Waals surface area contributed by atoms with Gasteiger partial charge in [-0.15, -0.1) is 11.3 Å². The van der Waals surface area contributed by atoms with Crippen LogP contribution in [0.1, 0.15) is 41.9 Å². The lowest BCUT2D eigenvalue weighted by atomic mass is 10.1. The quantitative estimate of drug-likeness (QED) is 0.819. The maximum atomic E-state index is 5.91. The molecule has 0 amide bonds. The molecule has 3 heteroatoms. The molecule has 0 aliphatic heterocycles. The first-order chi connectivity index (χ1) is 8.58. The highest BCUT2D eigenvalue weighted by Gasteiger charge is 2.13. The summed E-state index contributed by atoms with van der Waals surface area (Å²) in [5.74, 6) is 0. The van der Waals surface area contributed by atoms with E-state index in [9.17, 15) is 0 Å². The van der Waals surface area contributed by atoms with E-state index >= 15 is 0 Å². The first-order valence-corrected chi connectivity index (χ1v) is 7.39. The van der Waals surface area contributed by atoms with Crippen LogP contribution in [0.15, 0.2) is 35.7 Å². The average molecular weight is 280 g/mol. The summed E-state index contributed by atoms with van der Waals surface area (Å²) in [6.45, 7) is 6.56. The minimum absolute atomic E-state index is 0.318. The Kier molecular flexibility index (Phi) is 4.44. The summed E-state index contributed by atoms with van der Waals surface area (Å²) in [5.41, 5.74) is 2.63. The first-order valence-electron chi connectivity index (χ1n) is 6.13. The van der Waals surface area contributed by atoms with Crippen LogP contribution in [0.2, 0.25) is 5.02 Å². The molecule has 1 aromatic heterocycles. The molecule has 0 radical (unpaired) electrons. The predicted octanol–water partition coefficient (Wildman–Crippen LogP) is 5.12. The molecule has 0 bridgehead atoms. The summed E-state index contributed by atoms with van der Waals surface area (Å²) in [6.07, 6.45) is 0. The fourth-order valence-corrected chi connectivity index (χ4v) is 3.20. The average Bonchev–Trinajstić information content (AvgIpc) is 2.76. The van der Waals surface area contributed by atoms with Gasteiger partial charge in [-0.2, -0.15) is 0 Å². The summed E-state index contributed by atoms with van der Waals surface area (Å²) in [4.78, 5) is 1.41. The van der Waals surface area contributed by atoms with Crippen molar-refractivity contribution in [1.82, 2.24) is 5.32 Å². The van der Waals surface area contributed by atoms with Crippen LogP contribution in [0.3, 0.4) is 0 Å². The third kappa shape index (κ3) is 3.14. The van der Waals surface area contributed by atoms with Gasteiger partial charge in [0.2, 0.25) is 0 Å². The smallest absolute Gasteiger partial charge is 0.0406 e. The Morgan fingerprint density at radius 1 is 1.06 bits per heavy atom. The summed E-state index contributed by atoms with van der Waals surface area (Å²) in [7, 11) is 0. The lowest BCUT2D eigenvalue weighted by Gasteiger charge is -2.20. The number of thiophene rings is 1. The van der Waals surface area contributed by atoms with E-state index in [1.165, 1.54) is 16.0 Å². The second-order valence-electron chi connectivity index (χ2n) is 4.63. The van der Waals surface area contributed by atoms with Crippen molar-refractivity contribution in [1.29, 1.82) is 0 Å². The van der Waals surface area contributed by atoms with Crippen molar-refractivity contribution >= 4 is 22.9 Å². The molecule has 96 valence electrons. The molecule has 1 N–H and O–H groups in total. The number of hydrogen-bond donors (Lipinski definition) is 1. The van der Waals surface area contributed by atoms with Crippen molar-refractivity contribution in [2.75, 3.05) is 0 Å². The van der Waals surface area contributed by atoms with Crippen LogP contribution in [0.5, 0.6) is 0 Å². The Morgan fingerprint density at radius 3 is 2.28 bits per heavy atom. The van der Waals surface area contributed by atoms with Gasteiger partial charge in [-0.3, -0.25) is 0 Å². The van der Waals surface area contributed by atoms with Crippen LogP contribution in [0, 0.1) is 6.92 Å². The number of benzene rings is 1. The van der Waals surface area contributed by atoms with Crippen LogP contribution < -0.4 is 5.32 Å². The fourth-order valence-electron chi connectivity index (χ4n) is 2.13. The summed E-state index contributed by atoms with van der Waals surface area (Å²) in [6, 6.07) is 10.9. The monoisotopic (exact) mass is 279 g/mol. The third-order valence-electron chi connectivity index (χ3n) is 3.16. The zero-order valence-electron chi connectivity index (χ0n) is 10.9. The zero-order valence-corrected chi connectivity index (χ0v) is 12.5. The van der Waals surface area contributed by atoms with Gasteiger partial charge < -0.3 is 5.32 Å². The van der Waals surface area contributed by atoms with E-state index in [0.29, 0.717) is 12.1 Å². The van der Waals surface area contributed by atoms with Crippen LogP contribution >= 0.6 is 22.9 Å². The normalized spacial score (nSPS) is 14.4. The molecular weight excluding hydrogens is 262 g/mol. The molecule has 0 spiro atoms. The molecule has 0 aliphatic rings. The minimum atomic E-state index is 0.318. The molecule has 2 rings (SSSR count). The second-order valence-corrected chi connectivity index (χ2v) is 6.01. The van der Waals surface area contributed by atoms with Gasteiger partial charge in [0.15, 0.2) is 0 Å². The van der Waals surface area contributed by atoms with Gasteiger partial charge in [0.05, 0.1) is 0 Å². The Labute approximate surface area is 118 Å². The molecule has 1 unspecified atom stereocenters. The highest BCUT2D eigenvalue weighted by molar-refractivity contribution is 7.10. The van der Waals surface area contributed by atoms with E-state index < -0.39 is 0 Å². The number of nitrogens with one attached hydrogen (secondary N) is 1. The summed E-state index contributed by atoms with van der Waals surface area (Å²) < 4.78 is 0. The molecule has 0 saturated heterocycles. The van der Waals surface area contributed by atoms with Crippen molar-refractivity contribution < 1.29 is 0 Å². The van der Waals surface area contributed by atoms with Gasteiger partial charge >= 0.3 is 0 Å². The SMILES string of the molecule is Cc1ccsc1C(C)N[C@H](C)c1ccc(Cl)cc1. The van der Waals surface area contributed by atoms with Crippen molar-refractivity contribution in [3.05, 3.63) is 56.7 Å². The molecule has 1 heterocycles. The fraction of sp³-hybridized carbons (Fsp3) is 0.333. The second kappa shape index (κ2) is 5.87. The Hall–Kier alpha value is -0.830. The van der Waals surface area contributed by atoms with Gasteiger partial charge in [0.25, 0.3) is 0 Å². The number of hydrogen-bond acceptors (Lipinski definition) is 2. The largest absolute Gasteiger partial charge is 0.303 e. The molecule has 1 aromatic carbocycles. The molecule has 1 nitrogen and oxygen atoms in total. The maximum Gasteiger partial charge on any atom is 0.0406 e. The zero-order chi connectivity index (χ0) is 13.1. The third-order valence-corrected chi connectivity index (χ3v) is 4.62. The van der Waals surface area contributed by atoms with Crippen LogP contribution in [0.25, 0.3) is 0 Å². The van der Waals surface area contributed by atoms with E-state index in [4.69, 9.17) is 11.6 Å². The lowest BCUT2D eigenvalue weighted by Crippen LogP contribution is -2.22. The highest BCUT2D eigenvalue weighted by Crippen LogP contribution is 2.26. The summed E-state index contributed by atoms with van der Waals surface area (Å²) in [5, 5.41) is 6.56. The van der Waals surface area contributed by atoms with E-state index in [-0.39, 0.29) is 0 Å². The lowest BCUT2D eigenvalue weighted by molar-refractivity contribution is 0.499. The summed E-state index contributed by atoms with van der Waals surface area (Å²) >= 11 is 7.72. The molecule has 2 aromatic rings. The molecule has 0 aliphatic carbocycles. The van der Waals surface area contributed by atoms with Gasteiger partial charge in [0.1, 0.15) is 0 Å². The van der Waals surface area contributed by atoms with E-state index in [1.54, 1.807) is 0 Å². The molecule has 2 atom stereocenters. The highest BCUT2D eigenvalue weighted by atomic mass is 35.5. The van der Waals surface area contributed by atoms with E-state index in [1.807, 2.05) is 23.5 Å². The van der Waals surface area contributed by atoms with Crippen LogP contribution in [0.4, 0.5) is 0 Å². The van der Waals surface area contributed by atoms with E-state index in [2.05, 4.69) is 49.7 Å². The van der Waals surface area contributed by atoms with Gasteiger partial charge in [-0.05, 0) is 55.5 Å². The van der Waals surface area contributed by atoms with Gasteiger partial charge in [-0.25, -0.2) is 0 Å². The van der Waals surface area contributed by atoms with Crippen molar-refractivity contribution in [3.63, 3.8) is 0 Å². The minimum Gasteiger partial charge on any atom is -0.303 e. The maximum absolute atomic E-state index is 5.91. The number of rotatable bonds is 4. The Balaban J connectivity index is 2.05. The van der Waals surface area contributed by atoms with Crippen molar-refractivity contribution in [2.45, 2.75) is 32.9 Å². The molecule has 0 saturated carbocycles. The Bertz CT molecular complexity index is 503.